The first-order chi connectivity index (χ1) is 8.56. The molecule has 0 bridgehead atoms. The number of carbonyl (C=O) groups excluding carboxylic acids is 1. The van der Waals surface area contributed by atoms with Crippen molar-refractivity contribution in [3.8, 4) is 0 Å². The Morgan fingerprint density at radius 3 is 2.26 bits per heavy atom. The van der Waals surface area contributed by atoms with Crippen LogP contribution in [0, 0.1) is 5.41 Å². The number of nitrogens with one attached hydrogen (secondary N) is 2. The number of hydrogen-bond acceptors (Lipinski definition) is 5. The second-order valence-corrected chi connectivity index (χ2v) is 6.16. The molecule has 0 radical (unpaired) electrons. The number of rotatable bonds is 7. The van der Waals surface area contributed by atoms with Crippen LogP contribution in [0.1, 0.15) is 34.1 Å². The van der Waals surface area contributed by atoms with Gasteiger partial charge in [-0.15, -0.1) is 0 Å². The minimum absolute atomic E-state index is 0.0251. The standard InChI is InChI=1S/C10H22N4O4S/c1-7(2)14(6-5-9(11)12)19(16,17)13-10(15)18-8(3)4/h7-8H,5-6H2,1-4H3,(H3,11,12)(H,13,15). The number of nitrogens with zero attached hydrogens (tertiary/aromatic N) is 1. The minimum atomic E-state index is -4.01. The van der Waals surface area contributed by atoms with Gasteiger partial charge in [-0.25, -0.2) is 9.52 Å². The lowest BCUT2D eigenvalue weighted by atomic mass is 10.3. The maximum absolute atomic E-state index is 12.0. The van der Waals surface area contributed by atoms with Gasteiger partial charge in [0, 0.05) is 19.0 Å². The van der Waals surface area contributed by atoms with Crippen molar-refractivity contribution in [3.63, 3.8) is 0 Å². The Kier molecular flexibility index (Phi) is 6.77. The number of amides is 1. The van der Waals surface area contributed by atoms with Crippen molar-refractivity contribution in [2.24, 2.45) is 5.73 Å². The highest BCUT2D eigenvalue weighted by Gasteiger charge is 2.27. The van der Waals surface area contributed by atoms with E-state index in [2.05, 4.69) is 0 Å². The molecular weight excluding hydrogens is 272 g/mol. The highest BCUT2D eigenvalue weighted by atomic mass is 32.2. The van der Waals surface area contributed by atoms with Gasteiger partial charge in [0.15, 0.2) is 0 Å². The summed E-state index contributed by atoms with van der Waals surface area (Å²) in [5.41, 5.74) is 5.20. The molecule has 0 saturated carbocycles. The molecular formula is C10H22N4O4S. The monoisotopic (exact) mass is 294 g/mol. The van der Waals surface area contributed by atoms with Crippen molar-refractivity contribution < 1.29 is 17.9 Å². The molecule has 0 aliphatic carbocycles. The van der Waals surface area contributed by atoms with Gasteiger partial charge in [-0.1, -0.05) is 0 Å². The van der Waals surface area contributed by atoms with E-state index in [4.69, 9.17) is 15.9 Å². The van der Waals surface area contributed by atoms with E-state index >= 15 is 0 Å². The van der Waals surface area contributed by atoms with Crippen molar-refractivity contribution in [2.45, 2.75) is 46.3 Å². The van der Waals surface area contributed by atoms with E-state index in [0.717, 1.165) is 4.31 Å². The molecule has 0 aromatic heterocycles. The molecule has 0 saturated heterocycles. The molecule has 0 aliphatic rings. The van der Waals surface area contributed by atoms with Gasteiger partial charge in [0.05, 0.1) is 11.9 Å². The fourth-order valence-electron chi connectivity index (χ4n) is 1.29. The predicted molar refractivity (Wildman–Crippen MR) is 72.0 cm³/mol. The summed E-state index contributed by atoms with van der Waals surface area (Å²) in [7, 11) is -4.01. The summed E-state index contributed by atoms with van der Waals surface area (Å²) in [5.74, 6) is -0.120. The fraction of sp³-hybridized carbons (Fsp3) is 0.800. The average Bonchev–Trinajstić information content (AvgIpc) is 2.12. The van der Waals surface area contributed by atoms with Crippen LogP contribution in [0.3, 0.4) is 0 Å². The first-order valence-electron chi connectivity index (χ1n) is 5.89. The van der Waals surface area contributed by atoms with Crippen LogP contribution in [0.15, 0.2) is 0 Å². The SMILES string of the molecule is CC(C)OC(=O)NS(=O)(=O)N(CCC(=N)N)C(C)C. The Labute approximate surface area is 114 Å². The molecule has 112 valence electrons. The third-order valence-corrected chi connectivity index (χ3v) is 3.69. The molecule has 0 aliphatic heterocycles. The van der Waals surface area contributed by atoms with Crippen LogP contribution >= 0.6 is 0 Å². The van der Waals surface area contributed by atoms with Gasteiger partial charge in [0.25, 0.3) is 0 Å². The van der Waals surface area contributed by atoms with Crippen LogP contribution in [-0.2, 0) is 14.9 Å². The van der Waals surface area contributed by atoms with Gasteiger partial charge in [-0.2, -0.15) is 12.7 Å². The van der Waals surface area contributed by atoms with Gasteiger partial charge in [-0.3, -0.25) is 5.41 Å². The quantitative estimate of drug-likeness (QED) is 0.463. The maximum atomic E-state index is 12.0. The molecule has 0 rings (SSSR count). The zero-order chi connectivity index (χ0) is 15.2. The highest BCUT2D eigenvalue weighted by Crippen LogP contribution is 2.06. The van der Waals surface area contributed by atoms with E-state index in [1.54, 1.807) is 27.7 Å². The molecule has 0 aromatic carbocycles. The van der Waals surface area contributed by atoms with Crippen LogP contribution in [0.4, 0.5) is 4.79 Å². The van der Waals surface area contributed by atoms with E-state index in [-0.39, 0.29) is 24.8 Å². The molecule has 8 nitrogen and oxygen atoms in total. The van der Waals surface area contributed by atoms with Crippen molar-refractivity contribution in [2.75, 3.05) is 6.54 Å². The largest absolute Gasteiger partial charge is 0.446 e. The van der Waals surface area contributed by atoms with Crippen molar-refractivity contribution in [3.05, 3.63) is 0 Å². The minimum Gasteiger partial charge on any atom is -0.446 e. The van der Waals surface area contributed by atoms with Crippen molar-refractivity contribution >= 4 is 22.1 Å². The summed E-state index contributed by atoms with van der Waals surface area (Å²) in [5, 5.41) is 7.11. The normalized spacial score (nSPS) is 11.9. The molecule has 0 unspecified atom stereocenters. The van der Waals surface area contributed by atoms with Crippen LogP contribution in [0.2, 0.25) is 0 Å². The molecule has 0 spiro atoms. The number of hydrogen-bond donors (Lipinski definition) is 3. The molecule has 0 fully saturated rings. The second kappa shape index (κ2) is 7.29. The third kappa shape index (κ3) is 6.97. The zero-order valence-corrected chi connectivity index (χ0v) is 12.5. The third-order valence-electron chi connectivity index (χ3n) is 2.04. The molecule has 1 amide bonds. The lowest BCUT2D eigenvalue weighted by Crippen LogP contribution is -2.48. The Morgan fingerprint density at radius 1 is 1.37 bits per heavy atom. The van der Waals surface area contributed by atoms with Gasteiger partial charge in [0.2, 0.25) is 0 Å². The molecule has 19 heavy (non-hydrogen) atoms. The summed E-state index contributed by atoms with van der Waals surface area (Å²) < 4.78 is 31.5. The Bertz CT molecular complexity index is 419. The number of amidine groups is 1. The van der Waals surface area contributed by atoms with Gasteiger partial charge in [0.1, 0.15) is 0 Å². The summed E-state index contributed by atoms with van der Waals surface area (Å²) in [6.07, 6.45) is -1.35. The summed E-state index contributed by atoms with van der Waals surface area (Å²) >= 11 is 0. The van der Waals surface area contributed by atoms with Gasteiger partial charge < -0.3 is 10.5 Å². The van der Waals surface area contributed by atoms with Crippen LogP contribution in [0.25, 0.3) is 0 Å². The van der Waals surface area contributed by atoms with E-state index in [9.17, 15) is 13.2 Å². The molecule has 4 N–H and O–H groups in total. The lowest BCUT2D eigenvalue weighted by molar-refractivity contribution is 0.121. The van der Waals surface area contributed by atoms with Crippen LogP contribution in [0.5, 0.6) is 0 Å². The predicted octanol–water partition coefficient (Wildman–Crippen LogP) is 0.402. The maximum Gasteiger partial charge on any atom is 0.422 e. The lowest BCUT2D eigenvalue weighted by Gasteiger charge is -2.25. The van der Waals surface area contributed by atoms with Crippen molar-refractivity contribution in [1.29, 1.82) is 5.41 Å². The fourth-order valence-corrected chi connectivity index (χ4v) is 2.55. The number of nitrogens with two attached hydrogens (primary N) is 1. The molecule has 9 heteroatoms. The Morgan fingerprint density at radius 2 is 1.89 bits per heavy atom. The number of carbonyl (C=O) groups is 1. The molecule has 0 heterocycles. The first kappa shape index (κ1) is 17.6. The van der Waals surface area contributed by atoms with E-state index in [1.165, 1.54) is 0 Å². The summed E-state index contributed by atoms with van der Waals surface area (Å²) in [4.78, 5) is 11.3. The first-order valence-corrected chi connectivity index (χ1v) is 7.33. The topological polar surface area (TPSA) is 126 Å². The Hall–Kier alpha value is -1.35. The van der Waals surface area contributed by atoms with E-state index in [1.807, 2.05) is 4.72 Å². The van der Waals surface area contributed by atoms with Crippen LogP contribution < -0.4 is 10.5 Å². The smallest absolute Gasteiger partial charge is 0.422 e. The second-order valence-electron chi connectivity index (χ2n) is 4.54. The van der Waals surface area contributed by atoms with E-state index < -0.39 is 22.4 Å². The highest BCUT2D eigenvalue weighted by molar-refractivity contribution is 7.87. The average molecular weight is 294 g/mol. The zero-order valence-electron chi connectivity index (χ0n) is 11.6. The summed E-state index contributed by atoms with van der Waals surface area (Å²) in [6, 6.07) is -0.372. The Balaban J connectivity index is 4.80. The van der Waals surface area contributed by atoms with Gasteiger partial charge in [-0.05, 0) is 27.7 Å². The molecule has 0 atom stereocenters. The van der Waals surface area contributed by atoms with Crippen LogP contribution in [-0.4, -0.2) is 43.3 Å². The van der Waals surface area contributed by atoms with Crippen molar-refractivity contribution in [1.82, 2.24) is 9.03 Å². The van der Waals surface area contributed by atoms with Gasteiger partial charge >= 0.3 is 16.3 Å². The summed E-state index contributed by atoms with van der Waals surface area (Å²) in [6.45, 7) is 6.57. The number of ether oxygens (including phenoxy) is 1. The van der Waals surface area contributed by atoms with E-state index in [0.29, 0.717) is 0 Å². The molecule has 0 aromatic rings.